The van der Waals surface area contributed by atoms with Crippen molar-refractivity contribution < 1.29 is 14.3 Å². The maximum Gasteiger partial charge on any atom is 0.311 e. The standard InChI is InChI=1S/C32H39ClN2O3/c1-21-7-6-14-31(2)19-26-27(29-32(21,31)38-29)25(30(36)37-26)20-34-15-17-35(18-16-34)28(22-8-4-3-5-9-22)23-10-12-24(33)13-11-23/h3-5,8-13,21,25-29H,6-7,14-20H2,1-2H3/t21-,25-,26+,27+,28-,29-,31+,32-/m0/s1. The largest absolute Gasteiger partial charge is 0.462 e. The minimum Gasteiger partial charge on any atom is -0.462 e. The van der Waals surface area contributed by atoms with Crippen LogP contribution in [0.1, 0.15) is 56.7 Å². The third kappa shape index (κ3) is 3.88. The van der Waals surface area contributed by atoms with E-state index in [-0.39, 0.29) is 47.1 Å². The molecular weight excluding hydrogens is 496 g/mol. The lowest BCUT2D eigenvalue weighted by atomic mass is 9.53. The van der Waals surface area contributed by atoms with E-state index in [0.717, 1.165) is 44.2 Å². The summed E-state index contributed by atoms with van der Waals surface area (Å²) in [4.78, 5) is 18.3. The molecule has 2 aliphatic carbocycles. The Balaban J connectivity index is 1.05. The first-order valence-electron chi connectivity index (χ1n) is 14.5. The van der Waals surface area contributed by atoms with E-state index in [1.54, 1.807) is 0 Å². The summed E-state index contributed by atoms with van der Waals surface area (Å²) in [5.74, 6) is 0.706. The van der Waals surface area contributed by atoms with Gasteiger partial charge in [-0.3, -0.25) is 14.6 Å². The van der Waals surface area contributed by atoms with Crippen molar-refractivity contribution in [3.8, 4) is 0 Å². The Kier molecular flexibility index (Phi) is 6.16. The maximum absolute atomic E-state index is 13.2. The number of carbonyl (C=O) groups excluding carboxylic acids is 1. The average molecular weight is 535 g/mol. The molecule has 0 aromatic heterocycles. The summed E-state index contributed by atoms with van der Waals surface area (Å²) in [6.07, 6.45) is 4.87. The van der Waals surface area contributed by atoms with Gasteiger partial charge in [0.2, 0.25) is 0 Å². The van der Waals surface area contributed by atoms with E-state index in [2.05, 4.69) is 66.1 Å². The van der Waals surface area contributed by atoms with Gasteiger partial charge in [0.15, 0.2) is 0 Å². The van der Waals surface area contributed by atoms with Crippen LogP contribution in [0.2, 0.25) is 5.02 Å². The lowest BCUT2D eigenvalue weighted by Gasteiger charge is -2.49. The molecule has 0 bridgehead atoms. The van der Waals surface area contributed by atoms with Crippen molar-refractivity contribution >= 4 is 17.6 Å². The van der Waals surface area contributed by atoms with Crippen LogP contribution in [0.3, 0.4) is 0 Å². The van der Waals surface area contributed by atoms with Crippen molar-refractivity contribution in [3.05, 3.63) is 70.7 Å². The molecule has 2 saturated carbocycles. The van der Waals surface area contributed by atoms with Crippen molar-refractivity contribution in [2.24, 2.45) is 23.2 Å². The van der Waals surface area contributed by atoms with Crippen LogP contribution in [0.5, 0.6) is 0 Å². The second-order valence-corrected chi connectivity index (χ2v) is 13.2. The second-order valence-electron chi connectivity index (χ2n) is 12.8. The zero-order chi connectivity index (χ0) is 26.1. The van der Waals surface area contributed by atoms with Crippen LogP contribution >= 0.6 is 11.6 Å². The predicted molar refractivity (Wildman–Crippen MR) is 148 cm³/mol. The number of nitrogens with zero attached hydrogens (tertiary/aromatic N) is 2. The van der Waals surface area contributed by atoms with Crippen molar-refractivity contribution in [2.45, 2.75) is 63.4 Å². The normalized spacial score (nSPS) is 39.6. The Morgan fingerprint density at radius 3 is 2.47 bits per heavy atom. The Morgan fingerprint density at radius 2 is 1.74 bits per heavy atom. The number of carbonyl (C=O) groups is 1. The second kappa shape index (κ2) is 9.33. The van der Waals surface area contributed by atoms with Gasteiger partial charge >= 0.3 is 5.97 Å². The number of halogens is 1. The SMILES string of the molecule is C[C@H]1CCC[C@]2(C)C[C@H]3OC(=O)[C@@H](CN4CCN([C@@H](c5ccccc5)c5ccc(Cl)cc5)CC4)[C@H]3[C@@H]3O[C@@]132. The summed E-state index contributed by atoms with van der Waals surface area (Å²) < 4.78 is 12.7. The third-order valence-corrected chi connectivity index (χ3v) is 11.0. The van der Waals surface area contributed by atoms with E-state index in [0.29, 0.717) is 5.92 Å². The molecule has 5 aliphatic rings. The lowest BCUT2D eigenvalue weighted by Crippen LogP contribution is -2.55. The predicted octanol–water partition coefficient (Wildman–Crippen LogP) is 5.57. The average Bonchev–Trinajstić information content (AvgIpc) is 3.61. The van der Waals surface area contributed by atoms with Gasteiger partial charge in [0.05, 0.1) is 18.1 Å². The molecule has 8 atom stereocenters. The maximum atomic E-state index is 13.2. The van der Waals surface area contributed by atoms with Crippen LogP contribution in [0.15, 0.2) is 54.6 Å². The zero-order valence-corrected chi connectivity index (χ0v) is 23.3. The minimum atomic E-state index is -0.0733. The van der Waals surface area contributed by atoms with Crippen LogP contribution in [0.25, 0.3) is 0 Å². The lowest BCUT2D eigenvalue weighted by molar-refractivity contribution is -0.146. The molecule has 5 nitrogen and oxygen atoms in total. The molecular formula is C32H39ClN2O3. The highest BCUT2D eigenvalue weighted by Crippen LogP contribution is 2.70. The summed E-state index contributed by atoms with van der Waals surface area (Å²) in [6, 6.07) is 19.2. The molecule has 202 valence electrons. The monoisotopic (exact) mass is 534 g/mol. The number of epoxide rings is 1. The molecule has 2 aromatic carbocycles. The van der Waals surface area contributed by atoms with E-state index in [1.165, 1.54) is 30.4 Å². The van der Waals surface area contributed by atoms with E-state index in [4.69, 9.17) is 21.1 Å². The highest BCUT2D eigenvalue weighted by Gasteiger charge is 2.78. The highest BCUT2D eigenvalue weighted by atomic mass is 35.5. The quantitative estimate of drug-likeness (QED) is 0.370. The molecule has 2 aromatic rings. The molecule has 1 spiro atoms. The highest BCUT2D eigenvalue weighted by molar-refractivity contribution is 6.30. The molecule has 0 amide bonds. The summed E-state index contributed by atoms with van der Waals surface area (Å²) >= 11 is 6.21. The van der Waals surface area contributed by atoms with Gasteiger partial charge in [0, 0.05) is 49.1 Å². The Morgan fingerprint density at radius 1 is 1.03 bits per heavy atom. The van der Waals surface area contributed by atoms with Crippen LogP contribution in [-0.4, -0.2) is 66.3 Å². The van der Waals surface area contributed by atoms with Crippen LogP contribution in [0, 0.1) is 23.2 Å². The fourth-order valence-corrected chi connectivity index (χ4v) is 8.95. The van der Waals surface area contributed by atoms with Gasteiger partial charge in [-0.2, -0.15) is 0 Å². The number of esters is 1. The van der Waals surface area contributed by atoms with Gasteiger partial charge in [0.1, 0.15) is 11.7 Å². The first kappa shape index (κ1) is 25.1. The fraction of sp³-hybridized carbons (Fsp3) is 0.594. The molecule has 3 heterocycles. The number of piperazine rings is 1. The minimum absolute atomic E-state index is 0.00584. The smallest absolute Gasteiger partial charge is 0.311 e. The number of fused-ring (bicyclic) bond motifs is 2. The molecule has 5 fully saturated rings. The van der Waals surface area contributed by atoms with Crippen molar-refractivity contribution in [1.29, 1.82) is 0 Å². The van der Waals surface area contributed by atoms with Crippen molar-refractivity contribution in [1.82, 2.24) is 9.80 Å². The molecule has 0 N–H and O–H groups in total. The van der Waals surface area contributed by atoms with E-state index >= 15 is 0 Å². The molecule has 3 aliphatic heterocycles. The number of benzene rings is 2. The first-order valence-corrected chi connectivity index (χ1v) is 14.9. The molecule has 7 rings (SSSR count). The van der Waals surface area contributed by atoms with Gasteiger partial charge in [-0.1, -0.05) is 74.3 Å². The topological polar surface area (TPSA) is 45.3 Å². The number of rotatable bonds is 5. The Hall–Kier alpha value is -1.92. The number of hydrogen-bond donors (Lipinski definition) is 0. The van der Waals surface area contributed by atoms with Gasteiger partial charge < -0.3 is 9.47 Å². The van der Waals surface area contributed by atoms with Gasteiger partial charge in [-0.25, -0.2) is 0 Å². The van der Waals surface area contributed by atoms with E-state index in [9.17, 15) is 4.79 Å². The molecule has 38 heavy (non-hydrogen) atoms. The number of hydrogen-bond acceptors (Lipinski definition) is 5. The molecule has 6 heteroatoms. The van der Waals surface area contributed by atoms with Crippen LogP contribution in [-0.2, 0) is 14.3 Å². The van der Waals surface area contributed by atoms with Crippen LogP contribution < -0.4 is 0 Å². The van der Waals surface area contributed by atoms with Crippen molar-refractivity contribution in [2.75, 3.05) is 32.7 Å². The first-order chi connectivity index (χ1) is 18.4. The zero-order valence-electron chi connectivity index (χ0n) is 22.5. The summed E-state index contributed by atoms with van der Waals surface area (Å²) in [7, 11) is 0. The van der Waals surface area contributed by atoms with Gasteiger partial charge in [-0.15, -0.1) is 0 Å². The van der Waals surface area contributed by atoms with Gasteiger partial charge in [-0.05, 0) is 48.4 Å². The summed E-state index contributed by atoms with van der Waals surface area (Å²) in [5.41, 5.74) is 2.68. The summed E-state index contributed by atoms with van der Waals surface area (Å²) in [6.45, 7) is 9.35. The fourth-order valence-electron chi connectivity index (χ4n) is 8.82. The Labute approximate surface area is 231 Å². The molecule has 0 unspecified atom stereocenters. The van der Waals surface area contributed by atoms with Gasteiger partial charge in [0.25, 0.3) is 0 Å². The Bertz CT molecular complexity index is 1180. The number of ether oxygens (including phenoxy) is 2. The van der Waals surface area contributed by atoms with E-state index < -0.39 is 0 Å². The molecule has 3 saturated heterocycles. The van der Waals surface area contributed by atoms with E-state index in [1.807, 2.05) is 12.1 Å². The molecule has 0 radical (unpaired) electrons. The van der Waals surface area contributed by atoms with Crippen LogP contribution in [0.4, 0.5) is 0 Å². The van der Waals surface area contributed by atoms with Crippen molar-refractivity contribution in [3.63, 3.8) is 0 Å². The summed E-state index contributed by atoms with van der Waals surface area (Å²) in [5, 5.41) is 0.763. The third-order valence-electron chi connectivity index (χ3n) is 10.7.